The molecule has 0 fully saturated rings. The first-order valence-electron chi connectivity index (χ1n) is 9.41. The Balaban J connectivity index is 1.80. The second-order valence-corrected chi connectivity index (χ2v) is 7.04. The van der Waals surface area contributed by atoms with E-state index in [1.165, 1.54) is 38.9 Å². The van der Waals surface area contributed by atoms with E-state index in [4.69, 9.17) is 10.00 Å². The molecule has 3 nitrogen and oxygen atoms in total. The molecular weight excluding hydrogens is 344 g/mol. The van der Waals surface area contributed by atoms with Crippen molar-refractivity contribution in [3.63, 3.8) is 0 Å². The molecule has 0 spiro atoms. The molecule has 1 heterocycles. The van der Waals surface area contributed by atoms with Crippen LogP contribution in [0.4, 0.5) is 0 Å². The third kappa shape index (κ3) is 3.37. The molecule has 0 unspecified atom stereocenters. The normalized spacial score (nSPS) is 10.8. The Morgan fingerprint density at radius 3 is 2.39 bits per heavy atom. The van der Waals surface area contributed by atoms with Gasteiger partial charge in [-0.15, -0.1) is 0 Å². The molecule has 0 aliphatic rings. The average molecular weight is 366 g/mol. The summed E-state index contributed by atoms with van der Waals surface area (Å²) in [6.45, 7) is 5.19. The van der Waals surface area contributed by atoms with Crippen molar-refractivity contribution in [3.05, 3.63) is 89.5 Å². The smallest absolute Gasteiger partial charge is 0.174 e. The van der Waals surface area contributed by atoms with E-state index in [0.29, 0.717) is 0 Å². The summed E-state index contributed by atoms with van der Waals surface area (Å²) in [6.07, 6.45) is 0. The molecule has 0 aliphatic heterocycles. The summed E-state index contributed by atoms with van der Waals surface area (Å²) < 4.78 is 7.77. The van der Waals surface area contributed by atoms with Crippen LogP contribution in [0.1, 0.15) is 16.7 Å². The van der Waals surface area contributed by atoms with Crippen LogP contribution < -0.4 is 4.74 Å². The molecule has 3 aromatic carbocycles. The zero-order valence-corrected chi connectivity index (χ0v) is 16.1. The largest absolute Gasteiger partial charge is 0.479 e. The van der Waals surface area contributed by atoms with Crippen molar-refractivity contribution in [1.29, 1.82) is 5.26 Å². The maximum absolute atomic E-state index is 8.66. The highest BCUT2D eigenvalue weighted by molar-refractivity contribution is 5.92. The van der Waals surface area contributed by atoms with E-state index in [9.17, 15) is 0 Å². The summed E-state index contributed by atoms with van der Waals surface area (Å²) in [5.41, 5.74) is 7.49. The number of nitriles is 1. The highest BCUT2D eigenvalue weighted by Gasteiger charge is 2.16. The molecule has 0 radical (unpaired) electrons. The lowest BCUT2D eigenvalue weighted by Gasteiger charge is -2.13. The highest BCUT2D eigenvalue weighted by atomic mass is 16.5. The molecule has 4 aromatic rings. The molecule has 4 rings (SSSR count). The monoisotopic (exact) mass is 366 g/mol. The second-order valence-electron chi connectivity index (χ2n) is 7.04. The Morgan fingerprint density at radius 1 is 0.929 bits per heavy atom. The van der Waals surface area contributed by atoms with Crippen LogP contribution in [-0.4, -0.2) is 11.2 Å². The van der Waals surface area contributed by atoms with E-state index < -0.39 is 0 Å². The molecule has 0 saturated heterocycles. The third-order valence-corrected chi connectivity index (χ3v) is 5.09. The van der Waals surface area contributed by atoms with Gasteiger partial charge in [-0.25, -0.2) is 0 Å². The van der Waals surface area contributed by atoms with Crippen LogP contribution in [0.25, 0.3) is 22.2 Å². The third-order valence-electron chi connectivity index (χ3n) is 5.09. The molecule has 0 amide bonds. The predicted octanol–water partition coefficient (Wildman–Crippen LogP) is 5.88. The van der Waals surface area contributed by atoms with E-state index in [1.54, 1.807) is 0 Å². The number of hydrogen-bond acceptors (Lipinski definition) is 2. The Morgan fingerprint density at radius 2 is 1.68 bits per heavy atom. The van der Waals surface area contributed by atoms with Crippen LogP contribution in [0.5, 0.6) is 5.75 Å². The number of aryl methyl sites for hydroxylation is 2. The lowest BCUT2D eigenvalue weighted by atomic mass is 10.1. The Kier molecular flexibility index (Phi) is 4.87. The molecule has 0 aliphatic carbocycles. The van der Waals surface area contributed by atoms with Crippen molar-refractivity contribution < 1.29 is 4.74 Å². The van der Waals surface area contributed by atoms with Gasteiger partial charge in [0.2, 0.25) is 0 Å². The van der Waals surface area contributed by atoms with Gasteiger partial charge in [0.05, 0.1) is 5.69 Å². The van der Waals surface area contributed by atoms with Gasteiger partial charge in [0.15, 0.2) is 6.61 Å². The highest BCUT2D eigenvalue weighted by Crippen LogP contribution is 2.34. The topological polar surface area (TPSA) is 38.0 Å². The van der Waals surface area contributed by atoms with Crippen LogP contribution in [0.15, 0.2) is 72.8 Å². The summed E-state index contributed by atoms with van der Waals surface area (Å²) in [5.74, 6) is 0.720. The lowest BCUT2D eigenvalue weighted by molar-refractivity contribution is 0.368. The summed E-state index contributed by atoms with van der Waals surface area (Å²) >= 11 is 0. The van der Waals surface area contributed by atoms with Crippen molar-refractivity contribution >= 4 is 10.9 Å². The van der Waals surface area contributed by atoms with Gasteiger partial charge in [-0.2, -0.15) is 5.26 Å². The Hall–Kier alpha value is -3.51. The van der Waals surface area contributed by atoms with Crippen LogP contribution in [-0.2, 0) is 6.54 Å². The number of benzene rings is 3. The fourth-order valence-electron chi connectivity index (χ4n) is 3.76. The van der Waals surface area contributed by atoms with Gasteiger partial charge in [-0.3, -0.25) is 0 Å². The van der Waals surface area contributed by atoms with E-state index >= 15 is 0 Å². The van der Waals surface area contributed by atoms with E-state index in [2.05, 4.69) is 79.1 Å². The van der Waals surface area contributed by atoms with E-state index in [0.717, 1.165) is 12.3 Å². The second kappa shape index (κ2) is 7.62. The maximum atomic E-state index is 8.66. The van der Waals surface area contributed by atoms with E-state index in [-0.39, 0.29) is 6.61 Å². The van der Waals surface area contributed by atoms with Crippen LogP contribution >= 0.6 is 0 Å². The molecule has 0 bridgehead atoms. The summed E-state index contributed by atoms with van der Waals surface area (Å²) in [4.78, 5) is 0. The van der Waals surface area contributed by atoms with Gasteiger partial charge < -0.3 is 9.30 Å². The van der Waals surface area contributed by atoms with Crippen molar-refractivity contribution in [2.24, 2.45) is 0 Å². The first-order chi connectivity index (χ1) is 13.7. The molecule has 138 valence electrons. The SMILES string of the molecule is Cc1ccc2c(c1)c(C)c(-c1ccccc1)n2Cc1ccc(OCC#N)cc1. The minimum atomic E-state index is 0.0677. The maximum Gasteiger partial charge on any atom is 0.174 e. The fraction of sp³-hybridized carbons (Fsp3) is 0.160. The number of nitrogens with zero attached hydrogens (tertiary/aromatic N) is 2. The zero-order valence-electron chi connectivity index (χ0n) is 16.1. The number of ether oxygens (including phenoxy) is 1. The lowest BCUT2D eigenvalue weighted by Crippen LogP contribution is -2.02. The molecule has 0 saturated carbocycles. The molecule has 28 heavy (non-hydrogen) atoms. The fourth-order valence-corrected chi connectivity index (χ4v) is 3.76. The summed E-state index contributed by atoms with van der Waals surface area (Å²) in [7, 11) is 0. The van der Waals surface area contributed by atoms with Gasteiger partial charge in [0.1, 0.15) is 11.8 Å². The van der Waals surface area contributed by atoms with Gasteiger partial charge in [0, 0.05) is 17.4 Å². The van der Waals surface area contributed by atoms with Crippen molar-refractivity contribution in [3.8, 4) is 23.1 Å². The first kappa shape index (κ1) is 17.9. The molecular formula is C25H22N2O. The molecule has 1 aromatic heterocycles. The first-order valence-corrected chi connectivity index (χ1v) is 9.41. The van der Waals surface area contributed by atoms with Gasteiger partial charge in [0.25, 0.3) is 0 Å². The quantitative estimate of drug-likeness (QED) is 0.442. The standard InChI is InChI=1S/C25H22N2O/c1-18-8-13-24-23(16-18)19(2)25(21-6-4-3-5-7-21)27(24)17-20-9-11-22(12-10-20)28-15-14-26/h3-13,16H,15,17H2,1-2H3. The van der Waals surface area contributed by atoms with Gasteiger partial charge in [-0.05, 0) is 54.8 Å². The van der Waals surface area contributed by atoms with Gasteiger partial charge >= 0.3 is 0 Å². The number of aromatic nitrogens is 1. The van der Waals surface area contributed by atoms with Crippen molar-refractivity contribution in [2.45, 2.75) is 20.4 Å². The number of hydrogen-bond donors (Lipinski definition) is 0. The summed E-state index contributed by atoms with van der Waals surface area (Å²) in [5, 5.41) is 9.96. The molecule has 0 N–H and O–H groups in total. The van der Waals surface area contributed by atoms with Crippen molar-refractivity contribution in [1.82, 2.24) is 4.57 Å². The Bertz CT molecular complexity index is 1150. The Labute approximate surface area is 165 Å². The minimum absolute atomic E-state index is 0.0677. The van der Waals surface area contributed by atoms with Crippen LogP contribution in [0.2, 0.25) is 0 Å². The van der Waals surface area contributed by atoms with Crippen LogP contribution in [0, 0.1) is 25.2 Å². The molecule has 0 atom stereocenters. The molecule has 3 heteroatoms. The van der Waals surface area contributed by atoms with Gasteiger partial charge in [-0.1, -0.05) is 54.1 Å². The predicted molar refractivity (Wildman–Crippen MR) is 114 cm³/mol. The van der Waals surface area contributed by atoms with Crippen molar-refractivity contribution in [2.75, 3.05) is 6.61 Å². The zero-order chi connectivity index (χ0) is 19.5. The van der Waals surface area contributed by atoms with Crippen LogP contribution in [0.3, 0.4) is 0 Å². The number of rotatable bonds is 5. The minimum Gasteiger partial charge on any atom is -0.479 e. The average Bonchev–Trinajstić information content (AvgIpc) is 2.99. The van der Waals surface area contributed by atoms with E-state index in [1.807, 2.05) is 18.2 Å². The number of fused-ring (bicyclic) bond motifs is 1. The summed E-state index contributed by atoms with van der Waals surface area (Å²) in [6, 6.07) is 27.2.